The van der Waals surface area contributed by atoms with E-state index in [2.05, 4.69) is 27.4 Å². The Bertz CT molecular complexity index is 580. The lowest BCUT2D eigenvalue weighted by Gasteiger charge is -2.16. The molecule has 0 radical (unpaired) electrons. The maximum Gasteiger partial charge on any atom is 0.323 e. The number of hydrogen-bond donors (Lipinski definition) is 3. The summed E-state index contributed by atoms with van der Waals surface area (Å²) < 4.78 is 0. The van der Waals surface area contributed by atoms with Crippen LogP contribution in [0.4, 0.5) is 0 Å². The van der Waals surface area contributed by atoms with Crippen molar-refractivity contribution in [1.82, 2.24) is 15.3 Å². The van der Waals surface area contributed by atoms with E-state index in [9.17, 15) is 4.79 Å². The van der Waals surface area contributed by atoms with Crippen molar-refractivity contribution in [1.29, 1.82) is 0 Å². The molecule has 0 aliphatic heterocycles. The maximum absolute atomic E-state index is 11.2. The molecule has 1 atom stereocenters. The first-order valence-electron chi connectivity index (χ1n) is 6.15. The number of aromatic nitrogens is 2. The van der Waals surface area contributed by atoms with Crippen LogP contribution in [0.25, 0.3) is 11.0 Å². The molecule has 1 fully saturated rings. The Morgan fingerprint density at radius 2 is 2.12 bits per heavy atom. The Hall–Kier alpha value is -1.55. The van der Waals surface area contributed by atoms with E-state index in [1.54, 1.807) is 0 Å². The van der Waals surface area contributed by atoms with Gasteiger partial charge in [0.1, 0.15) is 0 Å². The van der Waals surface area contributed by atoms with E-state index >= 15 is 0 Å². The molecule has 1 aromatic heterocycles. The summed E-state index contributed by atoms with van der Waals surface area (Å²) in [7, 11) is 2.00. The quantitative estimate of drug-likeness (QED) is 0.752. The van der Waals surface area contributed by atoms with Gasteiger partial charge >= 0.3 is 5.69 Å². The number of imidazole rings is 1. The molecule has 4 nitrogen and oxygen atoms in total. The summed E-state index contributed by atoms with van der Waals surface area (Å²) in [6, 6.07) is 6.52. The van der Waals surface area contributed by atoms with E-state index in [0.29, 0.717) is 6.04 Å². The molecular weight excluding hydrogens is 214 g/mol. The third-order valence-corrected chi connectivity index (χ3v) is 3.56. The first-order valence-corrected chi connectivity index (χ1v) is 6.15. The Balaban J connectivity index is 1.94. The normalized spacial score (nSPS) is 17.5. The van der Waals surface area contributed by atoms with Crippen molar-refractivity contribution >= 4 is 11.0 Å². The SMILES string of the molecule is CNC(CC1CC1)c1ccc2[nH]c(=O)[nH]c2c1. The van der Waals surface area contributed by atoms with Gasteiger partial charge in [0, 0.05) is 6.04 Å². The summed E-state index contributed by atoms with van der Waals surface area (Å²) >= 11 is 0. The molecule has 3 rings (SSSR count). The Labute approximate surface area is 99.4 Å². The highest BCUT2D eigenvalue weighted by atomic mass is 16.1. The molecule has 17 heavy (non-hydrogen) atoms. The molecule has 0 bridgehead atoms. The minimum absolute atomic E-state index is 0.139. The zero-order chi connectivity index (χ0) is 11.8. The third kappa shape index (κ3) is 2.13. The monoisotopic (exact) mass is 231 g/mol. The highest BCUT2D eigenvalue weighted by molar-refractivity contribution is 5.75. The molecule has 1 aromatic carbocycles. The first-order chi connectivity index (χ1) is 8.26. The number of H-pyrrole nitrogens is 2. The van der Waals surface area contributed by atoms with Gasteiger partial charge in [-0.2, -0.15) is 0 Å². The molecular formula is C13H17N3O. The molecule has 4 heteroatoms. The van der Waals surface area contributed by atoms with Crippen LogP contribution in [0, 0.1) is 5.92 Å². The third-order valence-electron chi connectivity index (χ3n) is 3.56. The van der Waals surface area contributed by atoms with Gasteiger partial charge in [-0.1, -0.05) is 18.9 Å². The summed E-state index contributed by atoms with van der Waals surface area (Å²) in [6.45, 7) is 0. The van der Waals surface area contributed by atoms with Gasteiger partial charge in [0.2, 0.25) is 0 Å². The summed E-state index contributed by atoms with van der Waals surface area (Å²) in [5.74, 6) is 0.883. The summed E-state index contributed by atoms with van der Waals surface area (Å²) in [5, 5.41) is 3.36. The summed E-state index contributed by atoms with van der Waals surface area (Å²) in [5.41, 5.74) is 2.88. The number of aromatic amines is 2. The summed E-state index contributed by atoms with van der Waals surface area (Å²) in [4.78, 5) is 16.8. The van der Waals surface area contributed by atoms with Crippen LogP contribution in [0.2, 0.25) is 0 Å². The van der Waals surface area contributed by atoms with Crippen LogP contribution in [-0.4, -0.2) is 17.0 Å². The van der Waals surface area contributed by atoms with Crippen molar-refractivity contribution in [2.75, 3.05) is 7.05 Å². The highest BCUT2D eigenvalue weighted by Gasteiger charge is 2.25. The lowest BCUT2D eigenvalue weighted by Crippen LogP contribution is -2.16. The zero-order valence-electron chi connectivity index (χ0n) is 9.92. The van der Waals surface area contributed by atoms with Crippen LogP contribution in [0.1, 0.15) is 30.9 Å². The topological polar surface area (TPSA) is 60.7 Å². The zero-order valence-corrected chi connectivity index (χ0v) is 9.92. The molecule has 1 aliphatic rings. The minimum atomic E-state index is -0.139. The van der Waals surface area contributed by atoms with Gasteiger partial charge in [-0.05, 0) is 37.1 Å². The first kappa shape index (κ1) is 10.6. The van der Waals surface area contributed by atoms with E-state index in [-0.39, 0.29) is 5.69 Å². The van der Waals surface area contributed by atoms with Gasteiger partial charge in [0.25, 0.3) is 0 Å². The van der Waals surface area contributed by atoms with Crippen molar-refractivity contribution in [3.63, 3.8) is 0 Å². The van der Waals surface area contributed by atoms with Crippen LogP contribution in [-0.2, 0) is 0 Å². The van der Waals surface area contributed by atoms with Crippen molar-refractivity contribution in [3.05, 3.63) is 34.2 Å². The van der Waals surface area contributed by atoms with Crippen molar-refractivity contribution in [3.8, 4) is 0 Å². The van der Waals surface area contributed by atoms with Gasteiger partial charge in [0.15, 0.2) is 0 Å². The minimum Gasteiger partial charge on any atom is -0.313 e. The van der Waals surface area contributed by atoms with Crippen LogP contribution in [0.3, 0.4) is 0 Å². The second-order valence-corrected chi connectivity index (χ2v) is 4.90. The molecule has 2 aromatic rings. The lowest BCUT2D eigenvalue weighted by molar-refractivity contribution is 0.515. The Kier molecular flexibility index (Phi) is 2.52. The second kappa shape index (κ2) is 4.04. The summed E-state index contributed by atoms with van der Waals surface area (Å²) in [6.07, 6.45) is 3.92. The van der Waals surface area contributed by atoms with E-state index in [0.717, 1.165) is 17.0 Å². The molecule has 0 saturated heterocycles. The van der Waals surface area contributed by atoms with Crippen LogP contribution < -0.4 is 11.0 Å². The average Bonchev–Trinajstić information content (AvgIpc) is 3.05. The molecule has 90 valence electrons. The van der Waals surface area contributed by atoms with Gasteiger partial charge in [-0.15, -0.1) is 0 Å². The molecule has 1 saturated carbocycles. The standard InChI is InChI=1S/C13H17N3O/c1-14-11(6-8-2-3-8)9-4-5-10-12(7-9)16-13(17)15-10/h4-5,7-8,11,14H,2-3,6H2,1H3,(H2,15,16,17). The Morgan fingerprint density at radius 1 is 1.35 bits per heavy atom. The van der Waals surface area contributed by atoms with Crippen LogP contribution in [0.5, 0.6) is 0 Å². The average molecular weight is 231 g/mol. The molecule has 0 amide bonds. The van der Waals surface area contributed by atoms with Gasteiger partial charge in [-0.25, -0.2) is 4.79 Å². The number of hydrogen-bond acceptors (Lipinski definition) is 2. The fourth-order valence-electron chi connectivity index (χ4n) is 2.37. The molecule has 1 aliphatic carbocycles. The largest absolute Gasteiger partial charge is 0.323 e. The van der Waals surface area contributed by atoms with Crippen LogP contribution >= 0.6 is 0 Å². The van der Waals surface area contributed by atoms with Gasteiger partial charge < -0.3 is 15.3 Å². The number of benzene rings is 1. The number of fused-ring (bicyclic) bond motifs is 1. The molecule has 1 unspecified atom stereocenters. The van der Waals surface area contributed by atoms with E-state index in [1.165, 1.54) is 24.8 Å². The maximum atomic E-state index is 11.2. The van der Waals surface area contributed by atoms with Crippen molar-refractivity contribution in [2.24, 2.45) is 5.92 Å². The Morgan fingerprint density at radius 3 is 2.82 bits per heavy atom. The van der Waals surface area contributed by atoms with Crippen molar-refractivity contribution in [2.45, 2.75) is 25.3 Å². The smallest absolute Gasteiger partial charge is 0.313 e. The van der Waals surface area contributed by atoms with Crippen LogP contribution in [0.15, 0.2) is 23.0 Å². The molecule has 0 spiro atoms. The fraction of sp³-hybridized carbons (Fsp3) is 0.462. The van der Waals surface area contributed by atoms with E-state index in [1.807, 2.05) is 13.1 Å². The van der Waals surface area contributed by atoms with Gasteiger partial charge in [0.05, 0.1) is 11.0 Å². The molecule has 1 heterocycles. The van der Waals surface area contributed by atoms with E-state index in [4.69, 9.17) is 0 Å². The lowest BCUT2D eigenvalue weighted by atomic mass is 10.0. The number of nitrogens with one attached hydrogen (secondary N) is 3. The van der Waals surface area contributed by atoms with Crippen molar-refractivity contribution < 1.29 is 0 Å². The van der Waals surface area contributed by atoms with Gasteiger partial charge in [-0.3, -0.25) is 0 Å². The predicted molar refractivity (Wildman–Crippen MR) is 68.1 cm³/mol. The van der Waals surface area contributed by atoms with E-state index < -0.39 is 0 Å². The predicted octanol–water partition coefficient (Wildman–Crippen LogP) is 1.92. The fourth-order valence-corrected chi connectivity index (χ4v) is 2.37. The second-order valence-electron chi connectivity index (χ2n) is 4.90. The highest BCUT2D eigenvalue weighted by Crippen LogP contribution is 2.37. The molecule has 3 N–H and O–H groups in total. The number of rotatable bonds is 4.